The predicted molar refractivity (Wildman–Crippen MR) is 107 cm³/mol. The SMILES string of the molecule is CCCC1=Cc2c(ccc(C(C)C)c2-c2ccccc2C(C)C)C1. The van der Waals surface area contributed by atoms with Crippen LogP contribution in [0.5, 0.6) is 0 Å². The molecule has 24 heavy (non-hydrogen) atoms. The second-order valence-electron chi connectivity index (χ2n) is 7.73. The Morgan fingerprint density at radius 2 is 1.58 bits per heavy atom. The molecule has 0 radical (unpaired) electrons. The maximum atomic E-state index is 2.48. The van der Waals surface area contributed by atoms with Gasteiger partial charge in [0.15, 0.2) is 0 Å². The molecule has 0 aliphatic heterocycles. The van der Waals surface area contributed by atoms with Gasteiger partial charge in [-0.15, -0.1) is 0 Å². The first kappa shape index (κ1) is 17.0. The standard InChI is InChI=1S/C24H30/c1-6-9-18-14-19-12-13-21(17(4)5)24(23(19)15-18)22-11-8-7-10-20(22)16(2)3/h7-8,10-13,15-17H,6,9,14H2,1-5H3. The molecule has 1 aliphatic rings. The van der Waals surface area contributed by atoms with Crippen molar-refractivity contribution in [2.75, 3.05) is 0 Å². The lowest BCUT2D eigenvalue weighted by atomic mass is 9.83. The number of hydrogen-bond acceptors (Lipinski definition) is 0. The van der Waals surface area contributed by atoms with E-state index in [-0.39, 0.29) is 0 Å². The van der Waals surface area contributed by atoms with Crippen molar-refractivity contribution in [2.45, 2.75) is 65.7 Å². The highest BCUT2D eigenvalue weighted by atomic mass is 14.3. The van der Waals surface area contributed by atoms with Crippen molar-refractivity contribution < 1.29 is 0 Å². The van der Waals surface area contributed by atoms with E-state index in [1.165, 1.54) is 46.2 Å². The van der Waals surface area contributed by atoms with Crippen LogP contribution < -0.4 is 0 Å². The largest absolute Gasteiger partial charge is 0.0652 e. The van der Waals surface area contributed by atoms with Crippen molar-refractivity contribution in [3.05, 3.63) is 64.2 Å². The second kappa shape index (κ2) is 6.97. The van der Waals surface area contributed by atoms with E-state index in [2.05, 4.69) is 77.1 Å². The van der Waals surface area contributed by atoms with Crippen LogP contribution in [0.1, 0.15) is 81.5 Å². The van der Waals surface area contributed by atoms with E-state index in [9.17, 15) is 0 Å². The minimum Gasteiger partial charge on any atom is -0.0652 e. The first-order valence-corrected chi connectivity index (χ1v) is 9.47. The summed E-state index contributed by atoms with van der Waals surface area (Å²) in [4.78, 5) is 0. The molecule has 0 saturated carbocycles. The van der Waals surface area contributed by atoms with Gasteiger partial charge in [0.25, 0.3) is 0 Å². The third-order valence-electron chi connectivity index (χ3n) is 5.18. The number of allylic oxidation sites excluding steroid dienone is 1. The van der Waals surface area contributed by atoms with Gasteiger partial charge < -0.3 is 0 Å². The summed E-state index contributed by atoms with van der Waals surface area (Å²) < 4.78 is 0. The molecular formula is C24H30. The highest BCUT2D eigenvalue weighted by Gasteiger charge is 2.22. The Labute approximate surface area is 147 Å². The molecule has 2 aromatic rings. The molecule has 3 rings (SSSR count). The van der Waals surface area contributed by atoms with Gasteiger partial charge in [-0.3, -0.25) is 0 Å². The zero-order valence-electron chi connectivity index (χ0n) is 15.8. The molecule has 0 saturated heterocycles. The Morgan fingerprint density at radius 3 is 2.25 bits per heavy atom. The van der Waals surface area contributed by atoms with Gasteiger partial charge in [-0.2, -0.15) is 0 Å². The first-order valence-electron chi connectivity index (χ1n) is 9.47. The van der Waals surface area contributed by atoms with Crippen LogP contribution in [0.3, 0.4) is 0 Å². The molecule has 0 bridgehead atoms. The molecule has 0 heterocycles. The lowest BCUT2D eigenvalue weighted by molar-refractivity contribution is 0.855. The summed E-state index contributed by atoms with van der Waals surface area (Å²) in [5, 5.41) is 0. The van der Waals surface area contributed by atoms with Crippen LogP contribution in [0.2, 0.25) is 0 Å². The van der Waals surface area contributed by atoms with Crippen molar-refractivity contribution in [3.63, 3.8) is 0 Å². The van der Waals surface area contributed by atoms with Gasteiger partial charge in [-0.05, 0) is 58.1 Å². The topological polar surface area (TPSA) is 0 Å². The Bertz CT molecular complexity index is 760. The van der Waals surface area contributed by atoms with Gasteiger partial charge in [-0.25, -0.2) is 0 Å². The van der Waals surface area contributed by atoms with Gasteiger partial charge in [0, 0.05) is 0 Å². The van der Waals surface area contributed by atoms with Crippen LogP contribution in [-0.4, -0.2) is 0 Å². The van der Waals surface area contributed by atoms with Crippen LogP contribution in [0.25, 0.3) is 17.2 Å². The quantitative estimate of drug-likeness (QED) is 0.541. The summed E-state index contributed by atoms with van der Waals surface area (Å²) in [6.45, 7) is 11.5. The number of benzene rings is 2. The number of rotatable bonds is 5. The van der Waals surface area contributed by atoms with Crippen molar-refractivity contribution >= 4 is 6.08 Å². The average molecular weight is 319 g/mol. The number of fused-ring (bicyclic) bond motifs is 1. The predicted octanol–water partition coefficient (Wildman–Crippen LogP) is 7.34. The third kappa shape index (κ3) is 3.07. The molecule has 0 unspecified atom stereocenters. The van der Waals surface area contributed by atoms with Crippen LogP contribution in [0, 0.1) is 0 Å². The minimum atomic E-state index is 0.536. The van der Waals surface area contributed by atoms with Crippen LogP contribution in [-0.2, 0) is 6.42 Å². The molecule has 126 valence electrons. The summed E-state index contributed by atoms with van der Waals surface area (Å²) >= 11 is 0. The lowest BCUT2D eigenvalue weighted by Crippen LogP contribution is -2.00. The fourth-order valence-electron chi connectivity index (χ4n) is 3.99. The van der Waals surface area contributed by atoms with Gasteiger partial charge in [0.05, 0.1) is 0 Å². The molecule has 0 aromatic heterocycles. The Hall–Kier alpha value is -1.82. The van der Waals surface area contributed by atoms with Crippen LogP contribution >= 0.6 is 0 Å². The van der Waals surface area contributed by atoms with Crippen LogP contribution in [0.4, 0.5) is 0 Å². The molecule has 0 atom stereocenters. The van der Waals surface area contributed by atoms with E-state index >= 15 is 0 Å². The minimum absolute atomic E-state index is 0.536. The van der Waals surface area contributed by atoms with Gasteiger partial charge in [-0.1, -0.05) is 89.1 Å². The zero-order chi connectivity index (χ0) is 17.3. The molecule has 0 N–H and O–H groups in total. The molecule has 0 spiro atoms. The van der Waals surface area contributed by atoms with E-state index in [1.54, 1.807) is 5.57 Å². The molecule has 1 aliphatic carbocycles. The fraction of sp³-hybridized carbons (Fsp3) is 0.417. The second-order valence-corrected chi connectivity index (χ2v) is 7.73. The Balaban J connectivity index is 2.26. The van der Waals surface area contributed by atoms with Crippen LogP contribution in [0.15, 0.2) is 42.0 Å². The molecule has 0 heteroatoms. The maximum Gasteiger partial charge on any atom is -0.00576 e. The fourth-order valence-corrected chi connectivity index (χ4v) is 3.99. The molecular weight excluding hydrogens is 288 g/mol. The van der Waals surface area contributed by atoms with E-state index in [1.807, 2.05) is 0 Å². The van der Waals surface area contributed by atoms with Gasteiger partial charge >= 0.3 is 0 Å². The van der Waals surface area contributed by atoms with E-state index in [4.69, 9.17) is 0 Å². The molecule has 0 nitrogen and oxygen atoms in total. The Kier molecular flexibility index (Phi) is 4.94. The highest BCUT2D eigenvalue weighted by molar-refractivity contribution is 5.85. The van der Waals surface area contributed by atoms with E-state index in [0.29, 0.717) is 11.8 Å². The van der Waals surface area contributed by atoms with Crippen molar-refractivity contribution in [3.8, 4) is 11.1 Å². The van der Waals surface area contributed by atoms with Gasteiger partial charge in [0.2, 0.25) is 0 Å². The lowest BCUT2D eigenvalue weighted by Gasteiger charge is -2.21. The van der Waals surface area contributed by atoms with Crippen molar-refractivity contribution in [1.29, 1.82) is 0 Å². The zero-order valence-corrected chi connectivity index (χ0v) is 15.8. The average Bonchev–Trinajstić information content (AvgIpc) is 2.96. The third-order valence-corrected chi connectivity index (χ3v) is 5.18. The van der Waals surface area contributed by atoms with Gasteiger partial charge in [0.1, 0.15) is 0 Å². The molecule has 2 aromatic carbocycles. The Morgan fingerprint density at radius 1 is 0.875 bits per heavy atom. The summed E-state index contributed by atoms with van der Waals surface area (Å²) in [7, 11) is 0. The summed E-state index contributed by atoms with van der Waals surface area (Å²) in [5.41, 5.74) is 10.5. The van der Waals surface area contributed by atoms with E-state index in [0.717, 1.165) is 6.42 Å². The molecule has 0 amide bonds. The molecule has 0 fully saturated rings. The number of hydrogen-bond donors (Lipinski definition) is 0. The maximum absolute atomic E-state index is 2.48. The summed E-state index contributed by atoms with van der Waals surface area (Å²) in [6.07, 6.45) is 6.07. The summed E-state index contributed by atoms with van der Waals surface area (Å²) in [6, 6.07) is 13.7. The summed E-state index contributed by atoms with van der Waals surface area (Å²) in [5.74, 6) is 1.08. The normalized spacial score (nSPS) is 13.5. The smallest absolute Gasteiger partial charge is 0.00576 e. The van der Waals surface area contributed by atoms with E-state index < -0.39 is 0 Å². The van der Waals surface area contributed by atoms with Crippen molar-refractivity contribution in [2.24, 2.45) is 0 Å². The highest BCUT2D eigenvalue weighted by Crippen LogP contribution is 2.42. The monoisotopic (exact) mass is 318 g/mol. The first-order chi connectivity index (χ1) is 11.5. The van der Waals surface area contributed by atoms with Crippen molar-refractivity contribution in [1.82, 2.24) is 0 Å².